The average molecular weight is 267 g/mol. The van der Waals surface area contributed by atoms with Crippen molar-refractivity contribution >= 4 is 0 Å². The normalized spacial score (nSPS) is 25.5. The van der Waals surface area contributed by atoms with E-state index in [1.807, 2.05) is 0 Å². The van der Waals surface area contributed by atoms with Crippen LogP contribution in [0.15, 0.2) is 5.18 Å². The zero-order valence-electron chi connectivity index (χ0n) is 13.2. The highest BCUT2D eigenvalue weighted by molar-refractivity contribution is 4.74. The van der Waals surface area contributed by atoms with Gasteiger partial charge in [0.1, 0.15) is 0 Å². The quantitative estimate of drug-likeness (QED) is 0.485. The largest absolute Gasteiger partial charge is 0.151 e. The predicted molar refractivity (Wildman–Crippen MR) is 83.2 cm³/mol. The summed E-state index contributed by atoms with van der Waals surface area (Å²) < 4.78 is 0. The van der Waals surface area contributed by atoms with Crippen molar-refractivity contribution < 1.29 is 0 Å². The van der Waals surface area contributed by atoms with Crippen molar-refractivity contribution in [3.05, 3.63) is 4.91 Å². The first kappa shape index (κ1) is 16.7. The molecule has 1 aliphatic rings. The maximum atomic E-state index is 10.3. The molecule has 2 nitrogen and oxygen atoms in total. The fraction of sp³-hybridized carbons (Fsp3) is 1.00. The fourth-order valence-electron chi connectivity index (χ4n) is 3.35. The molecule has 0 N–H and O–H groups in total. The molecule has 2 heteroatoms. The molecule has 1 unspecified atom stereocenters. The molecule has 1 rings (SSSR count). The Morgan fingerprint density at radius 2 is 1.58 bits per heavy atom. The molecule has 0 aromatic carbocycles. The first-order valence-electron chi connectivity index (χ1n) is 8.41. The Kier molecular flexibility index (Phi) is 8.32. The lowest BCUT2D eigenvalue weighted by atomic mass is 9.79. The third kappa shape index (κ3) is 7.69. The van der Waals surface area contributed by atoms with Crippen LogP contribution in [0, 0.1) is 28.6 Å². The molecule has 0 amide bonds. The van der Waals surface area contributed by atoms with Gasteiger partial charge in [-0.1, -0.05) is 70.9 Å². The highest BCUT2D eigenvalue weighted by Gasteiger charge is 2.21. The van der Waals surface area contributed by atoms with E-state index in [-0.39, 0.29) is 0 Å². The summed E-state index contributed by atoms with van der Waals surface area (Å²) in [5.74, 6) is 3.27. The molecular formula is C17H33NO. The van der Waals surface area contributed by atoms with E-state index in [1.165, 1.54) is 57.8 Å². The Morgan fingerprint density at radius 1 is 0.947 bits per heavy atom. The van der Waals surface area contributed by atoms with Gasteiger partial charge in [0, 0.05) is 0 Å². The van der Waals surface area contributed by atoms with Crippen molar-refractivity contribution in [2.75, 3.05) is 6.54 Å². The van der Waals surface area contributed by atoms with Gasteiger partial charge in [0.2, 0.25) is 0 Å². The van der Waals surface area contributed by atoms with Gasteiger partial charge in [0.15, 0.2) is 0 Å². The van der Waals surface area contributed by atoms with Crippen LogP contribution in [0.1, 0.15) is 78.6 Å². The average Bonchev–Trinajstić information content (AvgIpc) is 2.38. The van der Waals surface area contributed by atoms with Crippen molar-refractivity contribution in [2.45, 2.75) is 78.6 Å². The van der Waals surface area contributed by atoms with Gasteiger partial charge < -0.3 is 0 Å². The van der Waals surface area contributed by atoms with E-state index in [1.54, 1.807) is 0 Å². The molecule has 0 aromatic heterocycles. The molecule has 0 heterocycles. The molecule has 1 saturated carbocycles. The third-order valence-electron chi connectivity index (χ3n) is 4.85. The van der Waals surface area contributed by atoms with E-state index >= 15 is 0 Å². The monoisotopic (exact) mass is 267 g/mol. The summed E-state index contributed by atoms with van der Waals surface area (Å²) in [6, 6.07) is 0. The van der Waals surface area contributed by atoms with E-state index in [0.29, 0.717) is 12.5 Å². The molecule has 112 valence electrons. The smallest absolute Gasteiger partial charge is 0.0839 e. The second kappa shape index (κ2) is 9.50. The SMILES string of the molecule is CC(C)CCCC(C)CCC1CCC(CN=O)CC1. The number of rotatable bonds is 9. The summed E-state index contributed by atoms with van der Waals surface area (Å²) in [7, 11) is 0. The molecule has 0 saturated heterocycles. The van der Waals surface area contributed by atoms with Crippen LogP contribution in [-0.2, 0) is 0 Å². The molecule has 1 fully saturated rings. The van der Waals surface area contributed by atoms with Crippen LogP contribution < -0.4 is 0 Å². The number of nitrogens with zero attached hydrogens (tertiary/aromatic N) is 1. The Bertz CT molecular complexity index is 231. The van der Waals surface area contributed by atoms with Gasteiger partial charge in [-0.3, -0.25) is 0 Å². The first-order chi connectivity index (χ1) is 9.11. The van der Waals surface area contributed by atoms with Crippen LogP contribution in [0.4, 0.5) is 0 Å². The summed E-state index contributed by atoms with van der Waals surface area (Å²) >= 11 is 0. The van der Waals surface area contributed by atoms with Crippen molar-refractivity contribution in [2.24, 2.45) is 28.8 Å². The van der Waals surface area contributed by atoms with E-state index < -0.39 is 0 Å². The Labute approximate surface area is 119 Å². The van der Waals surface area contributed by atoms with Gasteiger partial charge in [-0.05, 0) is 36.5 Å². The maximum Gasteiger partial charge on any atom is 0.0839 e. The summed E-state index contributed by atoms with van der Waals surface area (Å²) in [4.78, 5) is 10.3. The molecule has 19 heavy (non-hydrogen) atoms. The summed E-state index contributed by atoms with van der Waals surface area (Å²) in [6.45, 7) is 7.61. The van der Waals surface area contributed by atoms with Gasteiger partial charge in [0.25, 0.3) is 0 Å². The second-order valence-corrected chi connectivity index (χ2v) is 7.21. The third-order valence-corrected chi connectivity index (χ3v) is 4.85. The minimum Gasteiger partial charge on any atom is -0.151 e. The van der Waals surface area contributed by atoms with Gasteiger partial charge in [0.05, 0.1) is 6.54 Å². The van der Waals surface area contributed by atoms with Crippen molar-refractivity contribution in [3.63, 3.8) is 0 Å². The van der Waals surface area contributed by atoms with E-state index in [2.05, 4.69) is 25.9 Å². The van der Waals surface area contributed by atoms with Crippen LogP contribution in [0.25, 0.3) is 0 Å². The number of hydrogen-bond donors (Lipinski definition) is 0. The summed E-state index contributed by atoms with van der Waals surface area (Å²) in [6.07, 6.45) is 12.1. The molecule has 0 aromatic rings. The lowest BCUT2D eigenvalue weighted by molar-refractivity contribution is 0.252. The maximum absolute atomic E-state index is 10.3. The highest BCUT2D eigenvalue weighted by atomic mass is 16.3. The van der Waals surface area contributed by atoms with E-state index in [9.17, 15) is 4.91 Å². The minimum absolute atomic E-state index is 0.554. The molecule has 1 aliphatic carbocycles. The lowest BCUT2D eigenvalue weighted by Crippen LogP contribution is -2.17. The second-order valence-electron chi connectivity index (χ2n) is 7.21. The predicted octanol–water partition coefficient (Wildman–Crippen LogP) is 5.80. The zero-order chi connectivity index (χ0) is 14.1. The molecule has 0 bridgehead atoms. The molecular weight excluding hydrogens is 234 g/mol. The van der Waals surface area contributed by atoms with Crippen LogP contribution in [-0.4, -0.2) is 6.54 Å². The van der Waals surface area contributed by atoms with Crippen LogP contribution in [0.3, 0.4) is 0 Å². The zero-order valence-corrected chi connectivity index (χ0v) is 13.2. The molecule has 0 radical (unpaired) electrons. The highest BCUT2D eigenvalue weighted by Crippen LogP contribution is 2.33. The Morgan fingerprint density at radius 3 is 2.16 bits per heavy atom. The molecule has 1 atom stereocenters. The lowest BCUT2D eigenvalue weighted by Gasteiger charge is -2.27. The van der Waals surface area contributed by atoms with Crippen LogP contribution in [0.2, 0.25) is 0 Å². The first-order valence-corrected chi connectivity index (χ1v) is 8.41. The molecule has 0 aliphatic heterocycles. The van der Waals surface area contributed by atoms with Crippen LogP contribution >= 0.6 is 0 Å². The number of nitroso groups, excluding NO2 is 1. The topological polar surface area (TPSA) is 29.4 Å². The van der Waals surface area contributed by atoms with E-state index in [4.69, 9.17) is 0 Å². The molecule has 0 spiro atoms. The van der Waals surface area contributed by atoms with Gasteiger partial charge in [-0.2, -0.15) is 4.91 Å². The summed E-state index contributed by atoms with van der Waals surface area (Å²) in [5, 5.41) is 3.06. The Balaban J connectivity index is 2.04. The van der Waals surface area contributed by atoms with Gasteiger partial charge >= 0.3 is 0 Å². The summed E-state index contributed by atoms with van der Waals surface area (Å²) in [5.41, 5.74) is 0. The van der Waals surface area contributed by atoms with Crippen molar-refractivity contribution in [1.82, 2.24) is 0 Å². The van der Waals surface area contributed by atoms with E-state index in [0.717, 1.165) is 17.8 Å². The van der Waals surface area contributed by atoms with Crippen LogP contribution in [0.5, 0.6) is 0 Å². The van der Waals surface area contributed by atoms with Crippen molar-refractivity contribution in [1.29, 1.82) is 0 Å². The standard InChI is InChI=1S/C17H33NO/c1-14(2)5-4-6-15(3)7-8-16-9-11-17(12-10-16)13-18-19/h14-17H,4-13H2,1-3H3. The van der Waals surface area contributed by atoms with Crippen molar-refractivity contribution in [3.8, 4) is 0 Å². The number of hydrogen-bond acceptors (Lipinski definition) is 2. The minimum atomic E-state index is 0.554. The Hall–Kier alpha value is -0.400. The van der Waals surface area contributed by atoms with Gasteiger partial charge in [-0.25, -0.2) is 0 Å². The van der Waals surface area contributed by atoms with Gasteiger partial charge in [-0.15, -0.1) is 0 Å². The fourth-order valence-corrected chi connectivity index (χ4v) is 3.35.